The zero-order valence-corrected chi connectivity index (χ0v) is 11.6. The Labute approximate surface area is 121 Å². The van der Waals surface area contributed by atoms with Crippen LogP contribution in [0.15, 0.2) is 18.2 Å². The summed E-state index contributed by atoms with van der Waals surface area (Å²) < 4.78 is 0. The first-order chi connectivity index (χ1) is 10.1. The van der Waals surface area contributed by atoms with Crippen LogP contribution in [0.5, 0.6) is 0 Å². The molecule has 1 saturated carbocycles. The highest BCUT2D eigenvalue weighted by atomic mass is 16.6. The lowest BCUT2D eigenvalue weighted by Crippen LogP contribution is -2.29. The molecule has 1 aliphatic heterocycles. The van der Waals surface area contributed by atoms with Gasteiger partial charge in [-0.3, -0.25) is 19.7 Å². The van der Waals surface area contributed by atoms with Gasteiger partial charge in [-0.15, -0.1) is 0 Å². The number of hydrogen-bond acceptors (Lipinski definition) is 4. The summed E-state index contributed by atoms with van der Waals surface area (Å²) in [6.45, 7) is 0.514. The molecule has 3 rings (SSSR count). The number of ketones is 1. The fraction of sp³-hybridized carbons (Fsp3) is 0.467. The van der Waals surface area contributed by atoms with Crippen molar-refractivity contribution in [2.75, 3.05) is 11.4 Å². The second kappa shape index (κ2) is 5.27. The van der Waals surface area contributed by atoms with Gasteiger partial charge < -0.3 is 4.90 Å². The Hall–Kier alpha value is -2.24. The van der Waals surface area contributed by atoms with Crippen molar-refractivity contribution in [2.45, 2.75) is 32.1 Å². The molecule has 0 aromatic heterocycles. The third-order valence-corrected chi connectivity index (χ3v) is 4.34. The number of Topliss-reactive ketones (excluding diaryl/α,β-unsaturated/α-hetero) is 1. The molecule has 6 nitrogen and oxygen atoms in total. The van der Waals surface area contributed by atoms with Crippen LogP contribution in [0.2, 0.25) is 0 Å². The third kappa shape index (κ3) is 2.53. The Kier molecular flexibility index (Phi) is 3.45. The highest BCUT2D eigenvalue weighted by molar-refractivity contribution is 6.01. The van der Waals surface area contributed by atoms with Gasteiger partial charge in [-0.05, 0) is 30.9 Å². The minimum absolute atomic E-state index is 0.00868. The van der Waals surface area contributed by atoms with Crippen LogP contribution < -0.4 is 4.90 Å². The van der Waals surface area contributed by atoms with Crippen molar-refractivity contribution in [2.24, 2.45) is 5.92 Å². The molecule has 1 aromatic rings. The lowest BCUT2D eigenvalue weighted by atomic mass is 10.0. The van der Waals surface area contributed by atoms with Gasteiger partial charge in [-0.2, -0.15) is 0 Å². The molecule has 1 atom stereocenters. The highest BCUT2D eigenvalue weighted by Crippen LogP contribution is 2.33. The monoisotopic (exact) mass is 288 g/mol. The molecule has 6 heteroatoms. The number of non-ortho nitro benzene ring substituents is 1. The van der Waals surface area contributed by atoms with Crippen LogP contribution in [-0.4, -0.2) is 23.2 Å². The van der Waals surface area contributed by atoms with E-state index in [9.17, 15) is 19.7 Å². The molecule has 1 fully saturated rings. The third-order valence-electron chi connectivity index (χ3n) is 4.34. The number of nitro groups is 1. The fourth-order valence-corrected chi connectivity index (χ4v) is 3.21. The maximum atomic E-state index is 12.1. The molecule has 2 aliphatic rings. The molecule has 1 aliphatic carbocycles. The maximum Gasteiger partial charge on any atom is 0.269 e. The second-order valence-corrected chi connectivity index (χ2v) is 5.64. The van der Waals surface area contributed by atoms with Crippen molar-refractivity contribution in [1.29, 1.82) is 0 Å². The van der Waals surface area contributed by atoms with Gasteiger partial charge in [-0.1, -0.05) is 0 Å². The van der Waals surface area contributed by atoms with Crippen molar-refractivity contribution in [3.05, 3.63) is 33.9 Å². The zero-order chi connectivity index (χ0) is 15.0. The first kappa shape index (κ1) is 13.7. The van der Waals surface area contributed by atoms with Crippen LogP contribution in [0.25, 0.3) is 0 Å². The van der Waals surface area contributed by atoms with Gasteiger partial charge in [-0.25, -0.2) is 0 Å². The molecule has 0 bridgehead atoms. The predicted molar refractivity (Wildman–Crippen MR) is 76.1 cm³/mol. The Bertz CT molecular complexity index is 626. The summed E-state index contributed by atoms with van der Waals surface area (Å²) in [6.07, 6.45) is 3.40. The Morgan fingerprint density at radius 2 is 2.14 bits per heavy atom. The van der Waals surface area contributed by atoms with E-state index >= 15 is 0 Å². The van der Waals surface area contributed by atoms with Crippen molar-refractivity contribution in [3.63, 3.8) is 0 Å². The van der Waals surface area contributed by atoms with E-state index in [1.54, 1.807) is 11.0 Å². The van der Waals surface area contributed by atoms with Crippen LogP contribution >= 0.6 is 0 Å². The smallest absolute Gasteiger partial charge is 0.269 e. The van der Waals surface area contributed by atoms with Crippen molar-refractivity contribution in [1.82, 2.24) is 0 Å². The number of hydrogen-bond donors (Lipinski definition) is 0. The van der Waals surface area contributed by atoms with E-state index in [4.69, 9.17) is 0 Å². The number of carbonyl (C=O) groups excluding carboxylic acids is 2. The number of anilines is 1. The summed E-state index contributed by atoms with van der Waals surface area (Å²) in [5, 5.41) is 10.8. The van der Waals surface area contributed by atoms with Gasteiger partial charge in [0.25, 0.3) is 5.69 Å². The van der Waals surface area contributed by atoms with Crippen LogP contribution in [0.3, 0.4) is 0 Å². The number of nitro benzene ring substituents is 1. The fourth-order valence-electron chi connectivity index (χ4n) is 3.21. The Balaban J connectivity index is 1.74. The van der Waals surface area contributed by atoms with E-state index in [0.717, 1.165) is 18.5 Å². The number of benzene rings is 1. The summed E-state index contributed by atoms with van der Waals surface area (Å²) in [5.41, 5.74) is 1.46. The minimum Gasteiger partial charge on any atom is -0.312 e. The van der Waals surface area contributed by atoms with E-state index in [1.165, 1.54) is 12.1 Å². The highest BCUT2D eigenvalue weighted by Gasteiger charge is 2.31. The summed E-state index contributed by atoms with van der Waals surface area (Å²) >= 11 is 0. The second-order valence-electron chi connectivity index (χ2n) is 5.64. The molecule has 0 saturated heterocycles. The molecule has 1 heterocycles. The van der Waals surface area contributed by atoms with E-state index < -0.39 is 4.92 Å². The molecule has 1 unspecified atom stereocenters. The summed E-state index contributed by atoms with van der Waals surface area (Å²) in [7, 11) is 0. The van der Waals surface area contributed by atoms with Gasteiger partial charge in [0.2, 0.25) is 5.91 Å². The molecule has 110 valence electrons. The SMILES string of the molecule is O=C1CCCC1CCN1C(=O)Cc2cc([N+](=O)[O-])ccc21. The van der Waals surface area contributed by atoms with Gasteiger partial charge in [0.15, 0.2) is 0 Å². The number of rotatable bonds is 4. The van der Waals surface area contributed by atoms with Gasteiger partial charge >= 0.3 is 0 Å². The largest absolute Gasteiger partial charge is 0.312 e. The normalized spacial score (nSPS) is 21.0. The van der Waals surface area contributed by atoms with E-state index in [0.29, 0.717) is 30.7 Å². The Morgan fingerprint density at radius 3 is 2.81 bits per heavy atom. The van der Waals surface area contributed by atoms with Crippen LogP contribution in [0, 0.1) is 16.0 Å². The lowest BCUT2D eigenvalue weighted by molar-refractivity contribution is -0.384. The topological polar surface area (TPSA) is 80.5 Å². The molecule has 0 N–H and O–H groups in total. The van der Waals surface area contributed by atoms with Crippen molar-refractivity contribution < 1.29 is 14.5 Å². The Morgan fingerprint density at radius 1 is 1.33 bits per heavy atom. The molecular weight excluding hydrogens is 272 g/mol. The van der Waals surface area contributed by atoms with Crippen LogP contribution in [0.1, 0.15) is 31.2 Å². The first-order valence-electron chi connectivity index (χ1n) is 7.16. The maximum absolute atomic E-state index is 12.1. The summed E-state index contributed by atoms with van der Waals surface area (Å²) in [6, 6.07) is 4.52. The molecular formula is C15H16N2O4. The minimum atomic E-state index is -0.454. The standard InChI is InChI=1S/C15H16N2O4/c18-14-3-1-2-10(14)6-7-16-13-5-4-12(17(20)21)8-11(13)9-15(16)19/h4-5,8,10H,1-3,6-7,9H2. The average molecular weight is 288 g/mol. The number of nitrogens with zero attached hydrogens (tertiary/aromatic N) is 2. The molecule has 0 spiro atoms. The quantitative estimate of drug-likeness (QED) is 0.628. The van der Waals surface area contributed by atoms with Gasteiger partial charge in [0, 0.05) is 36.7 Å². The van der Waals surface area contributed by atoms with Crippen LogP contribution in [-0.2, 0) is 16.0 Å². The zero-order valence-electron chi connectivity index (χ0n) is 11.6. The average Bonchev–Trinajstić information content (AvgIpc) is 2.98. The van der Waals surface area contributed by atoms with Gasteiger partial charge in [0.05, 0.1) is 11.3 Å². The van der Waals surface area contributed by atoms with E-state index in [-0.39, 0.29) is 23.9 Å². The van der Waals surface area contributed by atoms with E-state index in [1.807, 2.05) is 0 Å². The van der Waals surface area contributed by atoms with Crippen molar-refractivity contribution in [3.8, 4) is 0 Å². The molecule has 21 heavy (non-hydrogen) atoms. The van der Waals surface area contributed by atoms with Gasteiger partial charge in [0.1, 0.15) is 5.78 Å². The summed E-state index contributed by atoms with van der Waals surface area (Å²) in [4.78, 5) is 35.7. The summed E-state index contributed by atoms with van der Waals surface area (Å²) in [5.74, 6) is 0.321. The molecule has 1 amide bonds. The first-order valence-corrected chi connectivity index (χ1v) is 7.16. The van der Waals surface area contributed by atoms with E-state index in [2.05, 4.69) is 0 Å². The lowest BCUT2D eigenvalue weighted by Gasteiger charge is -2.19. The van der Waals surface area contributed by atoms with Crippen molar-refractivity contribution >= 4 is 23.1 Å². The van der Waals surface area contributed by atoms with Crippen LogP contribution in [0.4, 0.5) is 11.4 Å². The molecule has 0 radical (unpaired) electrons. The number of fused-ring (bicyclic) bond motifs is 1. The molecule has 1 aromatic carbocycles. The number of amides is 1. The predicted octanol–water partition coefficient (Wildman–Crippen LogP) is 2.24. The number of carbonyl (C=O) groups is 2.